The van der Waals surface area contributed by atoms with Crippen molar-refractivity contribution in [3.05, 3.63) is 65.7 Å². The summed E-state index contributed by atoms with van der Waals surface area (Å²) < 4.78 is 48.5. The van der Waals surface area contributed by atoms with Crippen molar-refractivity contribution in [2.45, 2.75) is 32.2 Å². The van der Waals surface area contributed by atoms with Gasteiger partial charge in [0, 0.05) is 66.1 Å². The molecule has 2 saturated heterocycles. The highest BCUT2D eigenvalue weighted by Crippen LogP contribution is 2.43. The zero-order valence-corrected chi connectivity index (χ0v) is 19.3. The molecule has 2 fully saturated rings. The predicted molar refractivity (Wildman–Crippen MR) is 129 cm³/mol. The molecule has 4 heterocycles. The lowest BCUT2D eigenvalue weighted by molar-refractivity contribution is -0.000184. The number of halogens is 3. The average Bonchev–Trinajstić information content (AvgIpc) is 3.31. The van der Waals surface area contributed by atoms with E-state index in [4.69, 9.17) is 4.74 Å². The second-order valence-electron chi connectivity index (χ2n) is 9.66. The number of aromatic nitrogens is 3. The lowest BCUT2D eigenvalue weighted by atomic mass is 9.73. The van der Waals surface area contributed by atoms with Crippen LogP contribution in [-0.4, -0.2) is 40.9 Å². The van der Waals surface area contributed by atoms with Gasteiger partial charge in [-0.05, 0) is 38.0 Å². The Bertz CT molecular complexity index is 1390. The molecule has 0 radical (unpaired) electrons. The van der Waals surface area contributed by atoms with E-state index in [0.717, 1.165) is 67.3 Å². The van der Waals surface area contributed by atoms with Crippen molar-refractivity contribution in [3.8, 4) is 0 Å². The monoisotopic (exact) mass is 481 g/mol. The van der Waals surface area contributed by atoms with E-state index < -0.39 is 23.8 Å². The van der Waals surface area contributed by atoms with Crippen molar-refractivity contribution in [3.63, 3.8) is 0 Å². The Balaban J connectivity index is 1.36. The molecule has 0 amide bonds. The molecule has 6 nitrogen and oxygen atoms in total. The number of hydrogen-bond acceptors (Lipinski definition) is 5. The van der Waals surface area contributed by atoms with E-state index in [2.05, 4.69) is 32.4 Å². The molecule has 2 aromatic heterocycles. The fourth-order valence-electron chi connectivity index (χ4n) is 5.38. The maximum absolute atomic E-state index is 14.8. The first-order valence-corrected chi connectivity index (χ1v) is 11.9. The second kappa shape index (κ2) is 8.41. The van der Waals surface area contributed by atoms with Gasteiger partial charge in [-0.2, -0.15) is 0 Å². The molecule has 2 aromatic carbocycles. The molecule has 1 N–H and O–H groups in total. The van der Waals surface area contributed by atoms with Crippen LogP contribution < -0.4 is 10.2 Å². The number of anilines is 2. The summed E-state index contributed by atoms with van der Waals surface area (Å²) in [5.41, 5.74) is 1.72. The van der Waals surface area contributed by atoms with Crippen LogP contribution in [0, 0.1) is 11.2 Å². The van der Waals surface area contributed by atoms with Crippen LogP contribution in [0.15, 0.2) is 48.8 Å². The molecule has 1 spiro atoms. The predicted octanol–water partition coefficient (Wildman–Crippen LogP) is 5.75. The Kier molecular flexibility index (Phi) is 5.32. The van der Waals surface area contributed by atoms with Crippen LogP contribution in [0.2, 0.25) is 0 Å². The van der Waals surface area contributed by atoms with Crippen molar-refractivity contribution < 1.29 is 17.9 Å². The minimum Gasteiger partial charge on any atom is -0.381 e. The molecule has 35 heavy (non-hydrogen) atoms. The highest BCUT2D eigenvalue weighted by molar-refractivity contribution is 6.01. The molecule has 1 unspecified atom stereocenters. The molecular weight excluding hydrogens is 455 g/mol. The molecule has 0 aliphatic carbocycles. The highest BCUT2D eigenvalue weighted by Gasteiger charge is 2.43. The number of rotatable bonds is 5. The van der Waals surface area contributed by atoms with Gasteiger partial charge in [0.1, 0.15) is 5.82 Å². The summed E-state index contributed by atoms with van der Waals surface area (Å²) in [5, 5.41) is 9.71. The number of ether oxygens (including phenoxy) is 1. The third kappa shape index (κ3) is 3.78. The first-order valence-electron chi connectivity index (χ1n) is 11.9. The van der Waals surface area contributed by atoms with Crippen LogP contribution in [0.25, 0.3) is 16.4 Å². The zero-order valence-electron chi connectivity index (χ0n) is 19.3. The smallest absolute Gasteiger partial charge is 0.266 e. The van der Waals surface area contributed by atoms with E-state index in [9.17, 15) is 13.2 Å². The molecule has 4 aromatic rings. The molecule has 0 saturated carbocycles. The van der Waals surface area contributed by atoms with E-state index >= 15 is 0 Å². The van der Waals surface area contributed by atoms with Gasteiger partial charge in [0.2, 0.25) is 0 Å². The van der Waals surface area contributed by atoms with E-state index in [1.165, 1.54) is 12.1 Å². The van der Waals surface area contributed by atoms with Gasteiger partial charge in [-0.1, -0.05) is 18.2 Å². The summed E-state index contributed by atoms with van der Waals surface area (Å²) in [4.78, 5) is 6.81. The summed E-state index contributed by atoms with van der Waals surface area (Å²) in [6.45, 7) is 5.37. The van der Waals surface area contributed by atoms with Crippen molar-refractivity contribution in [1.82, 2.24) is 14.6 Å². The summed E-state index contributed by atoms with van der Waals surface area (Å²) in [5.74, 6) is -0.346. The van der Waals surface area contributed by atoms with Crippen LogP contribution in [-0.2, 0) is 4.74 Å². The van der Waals surface area contributed by atoms with Gasteiger partial charge >= 0.3 is 0 Å². The van der Waals surface area contributed by atoms with Gasteiger partial charge in [-0.3, -0.25) is 0 Å². The van der Waals surface area contributed by atoms with Crippen molar-refractivity contribution >= 4 is 27.9 Å². The molecule has 2 aliphatic heterocycles. The Hall–Kier alpha value is -3.33. The normalized spacial score (nSPS) is 18.4. The van der Waals surface area contributed by atoms with Gasteiger partial charge in [-0.25, -0.2) is 22.7 Å². The molecule has 9 heteroatoms. The Morgan fingerprint density at radius 3 is 2.60 bits per heavy atom. The zero-order chi connectivity index (χ0) is 24.2. The fraction of sp³-hybridized carbons (Fsp3) is 0.385. The number of hydrogen-bond donors (Lipinski definition) is 1. The van der Waals surface area contributed by atoms with E-state index in [1.54, 1.807) is 23.8 Å². The minimum absolute atomic E-state index is 0.170. The number of nitrogens with one attached hydrogen (secondary N) is 1. The SMILES string of the molecule is CC(Nc1nn2ccnc2c2ccc(N3CC4(CCOCC4)C3)cc12)c1cccc(C(F)F)c1F. The number of benzene rings is 2. The van der Waals surface area contributed by atoms with Crippen LogP contribution in [0.4, 0.5) is 24.7 Å². The van der Waals surface area contributed by atoms with Gasteiger partial charge in [0.15, 0.2) is 11.5 Å². The largest absolute Gasteiger partial charge is 0.381 e. The lowest BCUT2D eigenvalue weighted by Crippen LogP contribution is -2.58. The summed E-state index contributed by atoms with van der Waals surface area (Å²) >= 11 is 0. The number of imidazole rings is 1. The maximum Gasteiger partial charge on any atom is 0.266 e. The average molecular weight is 482 g/mol. The quantitative estimate of drug-likeness (QED) is 0.394. The van der Waals surface area contributed by atoms with E-state index in [-0.39, 0.29) is 5.56 Å². The topological polar surface area (TPSA) is 54.7 Å². The molecule has 6 rings (SSSR count). The maximum atomic E-state index is 14.8. The molecule has 0 bridgehead atoms. The number of alkyl halides is 2. The van der Waals surface area contributed by atoms with Crippen LogP contribution in [0.5, 0.6) is 0 Å². The standard InChI is InChI=1S/C26H26F3N5O/c1-16(18-3-2-4-20(22(18)27)23(28)29)31-24-21-13-17(33-14-26(15-33)7-11-35-12-8-26)5-6-19(21)25-30-9-10-34(25)32-24/h2-6,9-10,13,16,23H,7-8,11-12,14-15H2,1H3,(H,31,32). The van der Waals surface area contributed by atoms with Gasteiger partial charge in [-0.15, -0.1) is 5.10 Å². The first kappa shape index (κ1) is 22.2. The minimum atomic E-state index is -2.87. The summed E-state index contributed by atoms with van der Waals surface area (Å²) in [6, 6.07) is 9.74. The Morgan fingerprint density at radius 1 is 1.06 bits per heavy atom. The molecule has 2 aliphatic rings. The van der Waals surface area contributed by atoms with Crippen molar-refractivity contribution in [2.75, 3.05) is 36.5 Å². The van der Waals surface area contributed by atoms with Crippen molar-refractivity contribution in [2.24, 2.45) is 5.41 Å². The molecule has 182 valence electrons. The van der Waals surface area contributed by atoms with Gasteiger partial charge in [0.25, 0.3) is 6.43 Å². The molecule has 1 atom stereocenters. The van der Waals surface area contributed by atoms with Crippen molar-refractivity contribution in [1.29, 1.82) is 0 Å². The highest BCUT2D eigenvalue weighted by atomic mass is 19.3. The van der Waals surface area contributed by atoms with Crippen LogP contribution in [0.3, 0.4) is 0 Å². The third-order valence-corrected chi connectivity index (χ3v) is 7.41. The van der Waals surface area contributed by atoms with E-state index in [1.807, 2.05) is 6.07 Å². The summed E-state index contributed by atoms with van der Waals surface area (Å²) in [7, 11) is 0. The van der Waals surface area contributed by atoms with E-state index in [0.29, 0.717) is 11.2 Å². The lowest BCUT2D eigenvalue weighted by Gasteiger charge is -2.53. The second-order valence-corrected chi connectivity index (χ2v) is 9.66. The summed E-state index contributed by atoms with van der Waals surface area (Å²) in [6.07, 6.45) is 2.73. The van der Waals surface area contributed by atoms with Crippen LogP contribution >= 0.6 is 0 Å². The number of nitrogens with zero attached hydrogens (tertiary/aromatic N) is 4. The molecular formula is C26H26F3N5O. The Morgan fingerprint density at radius 2 is 1.83 bits per heavy atom. The van der Waals surface area contributed by atoms with Gasteiger partial charge < -0.3 is 15.0 Å². The first-order chi connectivity index (χ1) is 16.9. The fourth-order valence-corrected chi connectivity index (χ4v) is 5.38. The van der Waals surface area contributed by atoms with Gasteiger partial charge in [0.05, 0.1) is 11.6 Å². The number of fused-ring (bicyclic) bond motifs is 3. The Labute approximate surface area is 200 Å². The third-order valence-electron chi connectivity index (χ3n) is 7.41. The van der Waals surface area contributed by atoms with Crippen LogP contribution in [0.1, 0.15) is 43.4 Å².